The predicted molar refractivity (Wildman–Crippen MR) is 142 cm³/mol. The normalized spacial score (nSPS) is 17.1. The Bertz CT molecular complexity index is 1480. The third-order valence-corrected chi connectivity index (χ3v) is 7.90. The average molecular weight is 516 g/mol. The Morgan fingerprint density at radius 3 is 2.43 bits per heavy atom. The van der Waals surface area contributed by atoms with Crippen molar-refractivity contribution in [3.8, 4) is 17.0 Å². The summed E-state index contributed by atoms with van der Waals surface area (Å²) in [6, 6.07) is 24.4. The Hall–Kier alpha value is -3.91. The number of carbonyl (C=O) groups is 1. The molecule has 0 aliphatic heterocycles. The molecule has 37 heavy (non-hydrogen) atoms. The number of hydrogen-bond donors (Lipinski definition) is 1. The fraction of sp³-hybridized carbons (Fsp3) is 0.241. The highest BCUT2D eigenvalue weighted by molar-refractivity contribution is 7.90. The monoisotopic (exact) mass is 515 g/mol. The summed E-state index contributed by atoms with van der Waals surface area (Å²) in [6.07, 6.45) is 6.57. The van der Waals surface area contributed by atoms with Crippen LogP contribution in [0.15, 0.2) is 96.3 Å². The van der Waals surface area contributed by atoms with Gasteiger partial charge < -0.3 is 10.1 Å². The van der Waals surface area contributed by atoms with Crippen LogP contribution in [0.25, 0.3) is 11.3 Å². The first-order valence-corrected chi connectivity index (χ1v) is 14.1. The van der Waals surface area contributed by atoms with Gasteiger partial charge in [-0.25, -0.2) is 18.2 Å². The zero-order chi connectivity index (χ0) is 25.8. The smallest absolute Gasteiger partial charge is 0.326 e. The number of benzene rings is 3. The topological polar surface area (TPSA) is 90.3 Å². The van der Waals surface area contributed by atoms with Crippen LogP contribution in [0, 0.1) is 5.92 Å². The van der Waals surface area contributed by atoms with Gasteiger partial charge in [0.1, 0.15) is 18.7 Å². The van der Waals surface area contributed by atoms with E-state index in [2.05, 4.69) is 34.6 Å². The van der Waals surface area contributed by atoms with Gasteiger partial charge in [0.2, 0.25) is 0 Å². The lowest BCUT2D eigenvalue weighted by atomic mass is 9.71. The molecule has 1 heterocycles. The largest absolute Gasteiger partial charge is 0.488 e. The van der Waals surface area contributed by atoms with Gasteiger partial charge in [-0.3, -0.25) is 4.57 Å². The maximum Gasteiger partial charge on any atom is 0.326 e. The summed E-state index contributed by atoms with van der Waals surface area (Å²) in [6.45, 7) is 0.918. The molecule has 7 nitrogen and oxygen atoms in total. The van der Waals surface area contributed by atoms with E-state index in [0.29, 0.717) is 29.8 Å². The summed E-state index contributed by atoms with van der Waals surface area (Å²) < 4.78 is 30.8. The third-order valence-electron chi connectivity index (χ3n) is 6.77. The van der Waals surface area contributed by atoms with Gasteiger partial charge in [-0.15, -0.1) is 0 Å². The van der Waals surface area contributed by atoms with Crippen LogP contribution in [0.4, 0.5) is 4.79 Å². The minimum atomic E-state index is -3.24. The minimum Gasteiger partial charge on any atom is -0.488 e. The van der Waals surface area contributed by atoms with Gasteiger partial charge in [0.15, 0.2) is 9.84 Å². The molecule has 8 heteroatoms. The number of sulfone groups is 1. The Labute approximate surface area is 217 Å². The van der Waals surface area contributed by atoms with Crippen molar-refractivity contribution in [3.05, 3.63) is 103 Å². The highest BCUT2D eigenvalue weighted by Gasteiger charge is 2.30. The predicted octanol–water partition coefficient (Wildman–Crippen LogP) is 5.28. The van der Waals surface area contributed by atoms with Crippen molar-refractivity contribution in [2.24, 2.45) is 5.92 Å². The fourth-order valence-corrected chi connectivity index (χ4v) is 5.22. The second kappa shape index (κ2) is 10.6. The molecule has 3 aromatic carbocycles. The molecule has 5 rings (SSSR count). The van der Waals surface area contributed by atoms with Crippen molar-refractivity contribution >= 4 is 15.9 Å². The number of amides is 1. The Balaban J connectivity index is 1.17. The standard InChI is InChI=1S/C29H29N3O4S/c1-37(34,35)25-13-11-21(12-14-25)19-36-28-10-6-5-9-26(28)27-18-32(20-31-27)29(33)30-17-22-15-24(16-22)23-7-3-2-4-8-23/h2-14,18,20,22,24H,15-17,19H2,1H3,(H,30,33). The van der Waals surface area contributed by atoms with Crippen LogP contribution in [-0.4, -0.2) is 36.8 Å². The molecule has 1 saturated carbocycles. The molecule has 0 saturated heterocycles. The SMILES string of the molecule is CS(=O)(=O)c1ccc(COc2ccccc2-c2cn(C(=O)NCC3CC(c4ccccc4)C3)cn2)cc1. The zero-order valence-electron chi connectivity index (χ0n) is 20.6. The quantitative estimate of drug-likeness (QED) is 0.345. The Morgan fingerprint density at radius 1 is 1.00 bits per heavy atom. The molecule has 1 aliphatic rings. The number of hydrogen-bond acceptors (Lipinski definition) is 5. The Morgan fingerprint density at radius 2 is 1.70 bits per heavy atom. The molecule has 1 amide bonds. The lowest BCUT2D eigenvalue weighted by molar-refractivity contribution is 0.225. The first kappa shape index (κ1) is 24.8. The van der Waals surface area contributed by atoms with E-state index in [1.807, 2.05) is 30.3 Å². The lowest BCUT2D eigenvalue weighted by Crippen LogP contribution is -2.37. The Kier molecular flexibility index (Phi) is 7.10. The number of imidazole rings is 1. The first-order chi connectivity index (χ1) is 17.9. The van der Waals surface area contributed by atoms with Crippen molar-refractivity contribution in [1.82, 2.24) is 14.9 Å². The van der Waals surface area contributed by atoms with E-state index in [1.54, 1.807) is 30.5 Å². The van der Waals surface area contributed by atoms with Crippen molar-refractivity contribution in [3.63, 3.8) is 0 Å². The molecule has 0 unspecified atom stereocenters. The van der Waals surface area contributed by atoms with Crippen LogP contribution in [0.5, 0.6) is 5.75 Å². The molecule has 1 N–H and O–H groups in total. The maximum absolute atomic E-state index is 12.7. The maximum atomic E-state index is 12.7. The van der Waals surface area contributed by atoms with Gasteiger partial charge in [-0.1, -0.05) is 54.6 Å². The molecular formula is C29H29N3O4S. The van der Waals surface area contributed by atoms with Crippen LogP contribution in [0.3, 0.4) is 0 Å². The number of rotatable bonds is 8. The summed E-state index contributed by atoms with van der Waals surface area (Å²) >= 11 is 0. The molecule has 0 radical (unpaired) electrons. The van der Waals surface area contributed by atoms with E-state index in [1.165, 1.54) is 22.7 Å². The summed E-state index contributed by atoms with van der Waals surface area (Å²) in [5.74, 6) is 1.69. The van der Waals surface area contributed by atoms with Gasteiger partial charge in [0.05, 0.1) is 10.6 Å². The van der Waals surface area contributed by atoms with Crippen molar-refractivity contribution in [1.29, 1.82) is 0 Å². The molecule has 0 atom stereocenters. The van der Waals surface area contributed by atoms with Gasteiger partial charge in [-0.05, 0) is 60.1 Å². The summed E-state index contributed by atoms with van der Waals surface area (Å²) in [5.41, 5.74) is 3.62. The molecule has 190 valence electrons. The number of nitrogens with zero attached hydrogens (tertiary/aromatic N) is 2. The van der Waals surface area contributed by atoms with Crippen LogP contribution >= 0.6 is 0 Å². The lowest BCUT2D eigenvalue weighted by Gasteiger charge is -2.35. The van der Waals surface area contributed by atoms with Gasteiger partial charge in [0.25, 0.3) is 0 Å². The highest BCUT2D eigenvalue weighted by Crippen LogP contribution is 2.41. The van der Waals surface area contributed by atoms with Crippen LogP contribution in [0.2, 0.25) is 0 Å². The molecule has 0 bridgehead atoms. The highest BCUT2D eigenvalue weighted by atomic mass is 32.2. The van der Waals surface area contributed by atoms with E-state index in [4.69, 9.17) is 4.74 Å². The van der Waals surface area contributed by atoms with Crippen molar-refractivity contribution < 1.29 is 17.9 Å². The number of para-hydroxylation sites is 1. The van der Waals surface area contributed by atoms with Gasteiger partial charge in [-0.2, -0.15) is 0 Å². The minimum absolute atomic E-state index is 0.203. The molecule has 1 fully saturated rings. The van der Waals surface area contributed by atoms with Crippen molar-refractivity contribution in [2.45, 2.75) is 30.3 Å². The zero-order valence-corrected chi connectivity index (χ0v) is 21.4. The van der Waals surface area contributed by atoms with E-state index in [0.717, 1.165) is 24.0 Å². The van der Waals surface area contributed by atoms with E-state index < -0.39 is 9.84 Å². The number of ether oxygens (including phenoxy) is 1. The number of nitrogens with one attached hydrogen (secondary N) is 1. The second-order valence-electron chi connectivity index (χ2n) is 9.50. The molecule has 1 aromatic heterocycles. The number of carbonyl (C=O) groups excluding carboxylic acids is 1. The summed E-state index contributed by atoms with van der Waals surface area (Å²) in [7, 11) is -3.24. The van der Waals surface area contributed by atoms with E-state index in [9.17, 15) is 13.2 Å². The average Bonchev–Trinajstić information content (AvgIpc) is 3.37. The molecule has 4 aromatic rings. The van der Waals surface area contributed by atoms with Crippen molar-refractivity contribution in [2.75, 3.05) is 12.8 Å². The number of aromatic nitrogens is 2. The molecule has 0 spiro atoms. The molecule has 1 aliphatic carbocycles. The van der Waals surface area contributed by atoms with Gasteiger partial charge in [0, 0.05) is 24.6 Å². The van der Waals surface area contributed by atoms with Crippen LogP contribution in [-0.2, 0) is 16.4 Å². The van der Waals surface area contributed by atoms with E-state index >= 15 is 0 Å². The molecular weight excluding hydrogens is 486 g/mol. The van der Waals surface area contributed by atoms with Crippen LogP contribution < -0.4 is 10.1 Å². The summed E-state index contributed by atoms with van der Waals surface area (Å²) in [4.78, 5) is 17.4. The van der Waals surface area contributed by atoms with Gasteiger partial charge >= 0.3 is 6.03 Å². The third kappa shape index (κ3) is 5.91. The van der Waals surface area contributed by atoms with E-state index in [-0.39, 0.29) is 17.5 Å². The fourth-order valence-electron chi connectivity index (χ4n) is 4.59. The second-order valence-corrected chi connectivity index (χ2v) is 11.5. The first-order valence-electron chi connectivity index (χ1n) is 12.2. The summed E-state index contributed by atoms with van der Waals surface area (Å²) in [5, 5.41) is 3.02. The van der Waals surface area contributed by atoms with Crippen LogP contribution in [0.1, 0.15) is 29.9 Å².